The molecule has 0 saturated heterocycles. The highest BCUT2D eigenvalue weighted by atomic mass is 32.2. The van der Waals surface area contributed by atoms with Crippen molar-refractivity contribution in [2.75, 3.05) is 13.7 Å². The molecule has 1 atom stereocenters. The minimum absolute atomic E-state index is 0.0328. The lowest BCUT2D eigenvalue weighted by Gasteiger charge is -2.11. The van der Waals surface area contributed by atoms with Crippen molar-refractivity contribution in [1.29, 1.82) is 0 Å². The molecule has 0 saturated carbocycles. The van der Waals surface area contributed by atoms with Gasteiger partial charge in [-0.25, -0.2) is 17.9 Å². The summed E-state index contributed by atoms with van der Waals surface area (Å²) in [5.74, 6) is -0.528. The number of aliphatic hydroxyl groups is 1. The molecule has 0 aromatic heterocycles. The molecule has 0 aliphatic carbocycles. The van der Waals surface area contributed by atoms with Gasteiger partial charge in [0.25, 0.3) is 0 Å². The Balaban J connectivity index is 2.75. The van der Waals surface area contributed by atoms with E-state index in [9.17, 15) is 18.3 Å². The Morgan fingerprint density at radius 2 is 1.95 bits per heavy atom. The Hall–Kier alpha value is -1.44. The summed E-state index contributed by atoms with van der Waals surface area (Å²) in [5.41, 5.74) is 0.275. The van der Waals surface area contributed by atoms with Crippen LogP contribution in [0.5, 0.6) is 0 Å². The molecular weight excluding hydrogens is 282 g/mol. The number of sulfonamides is 1. The van der Waals surface area contributed by atoms with E-state index in [1.54, 1.807) is 0 Å². The molecule has 1 aromatic rings. The zero-order chi connectivity index (χ0) is 15.2. The van der Waals surface area contributed by atoms with E-state index in [-0.39, 0.29) is 17.0 Å². The highest BCUT2D eigenvalue weighted by Crippen LogP contribution is 2.11. The summed E-state index contributed by atoms with van der Waals surface area (Å²) in [6, 6.07) is 5.40. The lowest BCUT2D eigenvalue weighted by atomic mass is 10.2. The van der Waals surface area contributed by atoms with Gasteiger partial charge in [-0.3, -0.25) is 0 Å². The second-order valence-electron chi connectivity index (χ2n) is 4.31. The van der Waals surface area contributed by atoms with Crippen LogP contribution in [-0.4, -0.2) is 39.3 Å². The van der Waals surface area contributed by atoms with Crippen LogP contribution in [0.4, 0.5) is 0 Å². The largest absolute Gasteiger partial charge is 0.465 e. The zero-order valence-corrected chi connectivity index (χ0v) is 12.3. The Morgan fingerprint density at radius 1 is 1.35 bits per heavy atom. The highest BCUT2D eigenvalue weighted by molar-refractivity contribution is 7.89. The van der Waals surface area contributed by atoms with Gasteiger partial charge in [0.05, 0.1) is 23.7 Å². The zero-order valence-electron chi connectivity index (χ0n) is 11.5. The maximum Gasteiger partial charge on any atom is 0.337 e. The van der Waals surface area contributed by atoms with Gasteiger partial charge < -0.3 is 9.84 Å². The minimum Gasteiger partial charge on any atom is -0.465 e. The first-order valence-corrected chi connectivity index (χ1v) is 7.75. The fourth-order valence-corrected chi connectivity index (χ4v) is 2.69. The average molecular weight is 301 g/mol. The normalized spacial score (nSPS) is 12.9. The van der Waals surface area contributed by atoms with Gasteiger partial charge in [0.2, 0.25) is 10.0 Å². The highest BCUT2D eigenvalue weighted by Gasteiger charge is 2.16. The van der Waals surface area contributed by atoms with Crippen molar-refractivity contribution in [3.05, 3.63) is 29.8 Å². The number of hydrogen-bond donors (Lipinski definition) is 2. The molecule has 0 heterocycles. The van der Waals surface area contributed by atoms with E-state index in [1.807, 2.05) is 6.92 Å². The van der Waals surface area contributed by atoms with E-state index < -0.39 is 22.1 Å². The Bertz CT molecular complexity index is 538. The third-order valence-corrected chi connectivity index (χ3v) is 4.16. The number of rotatable bonds is 7. The molecule has 1 unspecified atom stereocenters. The van der Waals surface area contributed by atoms with E-state index in [0.717, 1.165) is 6.42 Å². The summed E-state index contributed by atoms with van der Waals surface area (Å²) < 4.78 is 30.8. The van der Waals surface area contributed by atoms with Crippen LogP contribution in [-0.2, 0) is 14.8 Å². The lowest BCUT2D eigenvalue weighted by Crippen LogP contribution is -2.32. The molecule has 20 heavy (non-hydrogen) atoms. The molecule has 0 spiro atoms. The van der Waals surface area contributed by atoms with Crippen LogP contribution in [0, 0.1) is 0 Å². The summed E-state index contributed by atoms with van der Waals surface area (Å²) >= 11 is 0. The van der Waals surface area contributed by atoms with Crippen LogP contribution in [0.25, 0.3) is 0 Å². The summed E-state index contributed by atoms with van der Waals surface area (Å²) in [6.07, 6.45) is 0.602. The molecule has 0 fully saturated rings. The van der Waals surface area contributed by atoms with Gasteiger partial charge in [-0.1, -0.05) is 13.3 Å². The van der Waals surface area contributed by atoms with E-state index in [2.05, 4.69) is 9.46 Å². The van der Waals surface area contributed by atoms with Gasteiger partial charge in [0, 0.05) is 6.54 Å². The molecule has 0 aliphatic heterocycles. The summed E-state index contributed by atoms with van der Waals surface area (Å²) in [4.78, 5) is 11.3. The quantitative estimate of drug-likeness (QED) is 0.730. The van der Waals surface area contributed by atoms with Crippen molar-refractivity contribution in [2.45, 2.75) is 30.8 Å². The van der Waals surface area contributed by atoms with Crippen LogP contribution in [0.2, 0.25) is 0 Å². The second kappa shape index (κ2) is 7.37. The Morgan fingerprint density at radius 3 is 2.45 bits per heavy atom. The second-order valence-corrected chi connectivity index (χ2v) is 6.08. The number of esters is 1. The van der Waals surface area contributed by atoms with Gasteiger partial charge in [0.15, 0.2) is 0 Å². The number of hydrogen-bond acceptors (Lipinski definition) is 5. The molecular formula is C13H19NO5S. The van der Waals surface area contributed by atoms with E-state index >= 15 is 0 Å². The van der Waals surface area contributed by atoms with E-state index in [0.29, 0.717) is 6.42 Å². The fraction of sp³-hybridized carbons (Fsp3) is 0.462. The number of carbonyl (C=O) groups is 1. The number of nitrogens with one attached hydrogen (secondary N) is 1. The van der Waals surface area contributed by atoms with E-state index in [1.165, 1.54) is 31.4 Å². The van der Waals surface area contributed by atoms with Crippen molar-refractivity contribution < 1.29 is 23.1 Å². The maximum atomic E-state index is 12.0. The van der Waals surface area contributed by atoms with Crippen molar-refractivity contribution in [3.63, 3.8) is 0 Å². The molecule has 6 nitrogen and oxygen atoms in total. The van der Waals surface area contributed by atoms with Gasteiger partial charge in [0.1, 0.15) is 0 Å². The standard InChI is InChI=1S/C13H19NO5S/c1-3-4-11(15)9-14-20(17,18)12-7-5-10(6-8-12)13(16)19-2/h5-8,11,14-15H,3-4,9H2,1-2H3. The third kappa shape index (κ3) is 4.59. The summed E-state index contributed by atoms with van der Waals surface area (Å²) in [7, 11) is -2.43. The molecule has 0 aliphatic rings. The number of aliphatic hydroxyl groups excluding tert-OH is 1. The molecule has 0 bridgehead atoms. The fourth-order valence-electron chi connectivity index (χ4n) is 1.61. The maximum absolute atomic E-state index is 12.0. The summed E-state index contributed by atoms with van der Waals surface area (Å²) in [6.45, 7) is 1.87. The van der Waals surface area contributed by atoms with Gasteiger partial charge in [-0.15, -0.1) is 0 Å². The molecule has 2 N–H and O–H groups in total. The first kappa shape index (κ1) is 16.6. The monoisotopic (exact) mass is 301 g/mol. The molecule has 112 valence electrons. The molecule has 1 rings (SSSR count). The molecule has 0 radical (unpaired) electrons. The first-order chi connectivity index (χ1) is 9.40. The Kier molecular flexibility index (Phi) is 6.12. The summed E-state index contributed by atoms with van der Waals surface area (Å²) in [5, 5.41) is 9.52. The van der Waals surface area contributed by atoms with Crippen LogP contribution < -0.4 is 4.72 Å². The van der Waals surface area contributed by atoms with Crippen molar-refractivity contribution >= 4 is 16.0 Å². The predicted octanol–water partition coefficient (Wildman–Crippen LogP) is 0.912. The van der Waals surface area contributed by atoms with Crippen LogP contribution in [0.3, 0.4) is 0 Å². The van der Waals surface area contributed by atoms with Crippen LogP contribution in [0.1, 0.15) is 30.1 Å². The third-order valence-electron chi connectivity index (χ3n) is 2.72. The molecule has 7 heteroatoms. The van der Waals surface area contributed by atoms with Gasteiger partial charge in [-0.05, 0) is 30.7 Å². The van der Waals surface area contributed by atoms with Crippen LogP contribution in [0.15, 0.2) is 29.2 Å². The first-order valence-electron chi connectivity index (χ1n) is 6.26. The smallest absolute Gasteiger partial charge is 0.337 e. The van der Waals surface area contributed by atoms with Crippen LogP contribution >= 0.6 is 0 Å². The topological polar surface area (TPSA) is 92.7 Å². The predicted molar refractivity (Wildman–Crippen MR) is 73.9 cm³/mol. The lowest BCUT2D eigenvalue weighted by molar-refractivity contribution is 0.0600. The SMILES string of the molecule is CCCC(O)CNS(=O)(=O)c1ccc(C(=O)OC)cc1. The number of benzene rings is 1. The number of ether oxygens (including phenoxy) is 1. The average Bonchev–Trinajstić information content (AvgIpc) is 2.45. The molecule has 1 aromatic carbocycles. The number of methoxy groups -OCH3 is 1. The van der Waals surface area contributed by atoms with Gasteiger partial charge in [-0.2, -0.15) is 0 Å². The molecule has 0 amide bonds. The van der Waals surface area contributed by atoms with Gasteiger partial charge >= 0.3 is 5.97 Å². The minimum atomic E-state index is -3.68. The van der Waals surface area contributed by atoms with Crippen molar-refractivity contribution in [2.24, 2.45) is 0 Å². The van der Waals surface area contributed by atoms with Crippen molar-refractivity contribution in [3.8, 4) is 0 Å². The van der Waals surface area contributed by atoms with E-state index in [4.69, 9.17) is 0 Å². The Labute approximate surface area is 118 Å². The van der Waals surface area contributed by atoms with Crippen molar-refractivity contribution in [1.82, 2.24) is 4.72 Å². The number of carbonyl (C=O) groups excluding carboxylic acids is 1.